The van der Waals surface area contributed by atoms with Crippen LogP contribution in [-0.2, 0) is 22.7 Å². The van der Waals surface area contributed by atoms with E-state index in [0.29, 0.717) is 30.4 Å². The molecular weight excluding hydrogens is 460 g/mol. The number of hydrogen-bond donors (Lipinski definition) is 0. The van der Waals surface area contributed by atoms with E-state index in [0.717, 1.165) is 21.4 Å². The zero-order chi connectivity index (χ0) is 22.0. The zero-order valence-corrected chi connectivity index (χ0v) is 19.2. The first-order valence-electron chi connectivity index (χ1n) is 9.93. The van der Waals surface area contributed by atoms with Crippen molar-refractivity contribution < 1.29 is 14.3 Å². The number of ether oxygens (including phenoxy) is 2. The first kappa shape index (κ1) is 21.1. The van der Waals surface area contributed by atoms with Crippen LogP contribution in [0.3, 0.4) is 0 Å². The maximum Gasteiger partial charge on any atom is 0.244 e. The molecular formula is C23H23BrN4O3. The van der Waals surface area contributed by atoms with Gasteiger partial charge in [-0.15, -0.1) is 5.10 Å². The highest BCUT2D eigenvalue weighted by Gasteiger charge is 2.33. The molecule has 0 spiro atoms. The second-order valence-electron chi connectivity index (χ2n) is 7.36. The van der Waals surface area contributed by atoms with Gasteiger partial charge < -0.3 is 9.47 Å². The number of carbonyl (C=O) groups excluding carboxylic acids is 1. The van der Waals surface area contributed by atoms with Crippen molar-refractivity contribution in [2.24, 2.45) is 5.10 Å². The molecule has 1 amide bonds. The van der Waals surface area contributed by atoms with Crippen LogP contribution in [0.15, 0.2) is 64.2 Å². The zero-order valence-electron chi connectivity index (χ0n) is 17.6. The Morgan fingerprint density at radius 1 is 1.16 bits per heavy atom. The molecule has 0 unspecified atom stereocenters. The molecule has 2 aromatic carbocycles. The van der Waals surface area contributed by atoms with Crippen molar-refractivity contribution in [2.45, 2.75) is 40.2 Å². The molecule has 2 heterocycles. The van der Waals surface area contributed by atoms with Gasteiger partial charge in [0.15, 0.2) is 0 Å². The number of benzene rings is 2. The van der Waals surface area contributed by atoms with Crippen molar-refractivity contribution in [3.8, 4) is 5.75 Å². The summed E-state index contributed by atoms with van der Waals surface area (Å²) in [7, 11) is 0. The lowest BCUT2D eigenvalue weighted by molar-refractivity contribution is -0.135. The number of para-hydroxylation sites is 1. The van der Waals surface area contributed by atoms with Gasteiger partial charge in [0.2, 0.25) is 18.0 Å². The lowest BCUT2D eigenvalue weighted by Crippen LogP contribution is -2.36. The van der Waals surface area contributed by atoms with E-state index in [4.69, 9.17) is 9.47 Å². The van der Waals surface area contributed by atoms with Crippen LogP contribution in [0.1, 0.15) is 29.4 Å². The van der Waals surface area contributed by atoms with Gasteiger partial charge in [-0.05, 0) is 49.7 Å². The predicted molar refractivity (Wildman–Crippen MR) is 121 cm³/mol. The largest absolute Gasteiger partial charge is 0.488 e. The summed E-state index contributed by atoms with van der Waals surface area (Å²) in [5, 5.41) is 10.3. The Bertz CT molecular complexity index is 1120. The summed E-state index contributed by atoms with van der Waals surface area (Å²) in [6.45, 7) is 6.17. The topological polar surface area (TPSA) is 69.0 Å². The van der Waals surface area contributed by atoms with Gasteiger partial charge in [0.1, 0.15) is 12.4 Å². The number of carbonyl (C=O) groups is 1. The Hall–Kier alpha value is -3.13. The van der Waals surface area contributed by atoms with Crippen LogP contribution in [0.25, 0.3) is 0 Å². The lowest BCUT2D eigenvalue weighted by Gasteiger charge is -2.19. The molecule has 3 aromatic rings. The van der Waals surface area contributed by atoms with E-state index in [1.165, 1.54) is 11.9 Å². The monoisotopic (exact) mass is 482 g/mol. The van der Waals surface area contributed by atoms with Crippen LogP contribution in [0.5, 0.6) is 5.75 Å². The number of hydrogen-bond acceptors (Lipinski definition) is 5. The van der Waals surface area contributed by atoms with Crippen LogP contribution < -0.4 is 4.74 Å². The summed E-state index contributed by atoms with van der Waals surface area (Å²) in [5.41, 5.74) is 3.65. The van der Waals surface area contributed by atoms with Crippen molar-refractivity contribution in [1.29, 1.82) is 0 Å². The molecule has 0 aliphatic carbocycles. The number of aryl methyl sites for hydroxylation is 2. The molecule has 1 atom stereocenters. The third kappa shape index (κ3) is 4.80. The SMILES string of the molecule is CC(=O)N1N=C(c2ccccc2OCc2ccc(Br)cc2)O[C@@H]1Cn1nc(C)cc1C. The van der Waals surface area contributed by atoms with Crippen LogP contribution in [-0.4, -0.2) is 32.8 Å². The normalized spacial score (nSPS) is 15.5. The summed E-state index contributed by atoms with van der Waals surface area (Å²) in [4.78, 5) is 12.2. The van der Waals surface area contributed by atoms with Crippen LogP contribution >= 0.6 is 15.9 Å². The molecule has 4 rings (SSSR count). The highest BCUT2D eigenvalue weighted by atomic mass is 79.9. The van der Waals surface area contributed by atoms with Crippen molar-refractivity contribution in [1.82, 2.24) is 14.8 Å². The van der Waals surface area contributed by atoms with E-state index in [-0.39, 0.29) is 5.91 Å². The van der Waals surface area contributed by atoms with Crippen molar-refractivity contribution >= 4 is 27.7 Å². The highest BCUT2D eigenvalue weighted by molar-refractivity contribution is 9.10. The number of aromatic nitrogens is 2. The highest BCUT2D eigenvalue weighted by Crippen LogP contribution is 2.26. The molecule has 0 N–H and O–H groups in total. The van der Waals surface area contributed by atoms with E-state index in [1.807, 2.05) is 73.1 Å². The van der Waals surface area contributed by atoms with E-state index >= 15 is 0 Å². The Kier molecular flexibility index (Phi) is 6.08. The summed E-state index contributed by atoms with van der Waals surface area (Å²) >= 11 is 3.44. The molecule has 1 aliphatic rings. The van der Waals surface area contributed by atoms with E-state index < -0.39 is 6.23 Å². The fourth-order valence-corrected chi connectivity index (χ4v) is 3.65. The number of nitrogens with zero attached hydrogens (tertiary/aromatic N) is 4. The van der Waals surface area contributed by atoms with Gasteiger partial charge in [-0.3, -0.25) is 9.48 Å². The second-order valence-corrected chi connectivity index (χ2v) is 8.28. The molecule has 0 radical (unpaired) electrons. The third-order valence-electron chi connectivity index (χ3n) is 4.90. The van der Waals surface area contributed by atoms with Crippen LogP contribution in [0.2, 0.25) is 0 Å². The first-order valence-corrected chi connectivity index (χ1v) is 10.7. The van der Waals surface area contributed by atoms with Crippen LogP contribution in [0.4, 0.5) is 0 Å². The Labute approximate surface area is 189 Å². The van der Waals surface area contributed by atoms with Gasteiger partial charge in [-0.1, -0.05) is 40.2 Å². The van der Waals surface area contributed by atoms with Crippen molar-refractivity contribution in [3.63, 3.8) is 0 Å². The van der Waals surface area contributed by atoms with Crippen LogP contribution in [0, 0.1) is 13.8 Å². The maximum atomic E-state index is 12.2. The van der Waals surface area contributed by atoms with Gasteiger partial charge in [0, 0.05) is 17.1 Å². The Balaban J connectivity index is 1.54. The van der Waals surface area contributed by atoms with Gasteiger partial charge in [0.05, 0.1) is 17.8 Å². The average Bonchev–Trinajstić information content (AvgIpc) is 3.30. The molecule has 0 saturated heterocycles. The minimum Gasteiger partial charge on any atom is -0.488 e. The van der Waals surface area contributed by atoms with E-state index in [1.54, 1.807) is 0 Å². The fraction of sp³-hybridized carbons (Fsp3) is 0.261. The van der Waals surface area contributed by atoms with Crippen molar-refractivity contribution in [2.75, 3.05) is 0 Å². The third-order valence-corrected chi connectivity index (χ3v) is 5.43. The number of halogens is 1. The molecule has 0 saturated carbocycles. The van der Waals surface area contributed by atoms with Gasteiger partial charge >= 0.3 is 0 Å². The molecule has 7 nitrogen and oxygen atoms in total. The molecule has 0 fully saturated rings. The van der Waals surface area contributed by atoms with E-state index in [9.17, 15) is 4.79 Å². The minimum atomic E-state index is -0.579. The number of rotatable bonds is 6. The molecule has 8 heteroatoms. The van der Waals surface area contributed by atoms with Crippen molar-refractivity contribution in [3.05, 3.63) is 81.6 Å². The maximum absolute atomic E-state index is 12.2. The smallest absolute Gasteiger partial charge is 0.244 e. The summed E-state index contributed by atoms with van der Waals surface area (Å²) < 4.78 is 15.0. The van der Waals surface area contributed by atoms with Gasteiger partial charge in [-0.25, -0.2) is 0 Å². The molecule has 1 aliphatic heterocycles. The summed E-state index contributed by atoms with van der Waals surface area (Å²) in [6, 6.07) is 17.5. The first-order chi connectivity index (χ1) is 14.9. The van der Waals surface area contributed by atoms with Gasteiger partial charge in [0.25, 0.3) is 0 Å². The minimum absolute atomic E-state index is 0.199. The molecule has 160 valence electrons. The standard InChI is InChI=1S/C23H23BrN4O3/c1-15-12-16(2)27(25-15)13-22-28(17(3)29)26-23(31-22)20-6-4-5-7-21(20)30-14-18-8-10-19(24)11-9-18/h4-12,22H,13-14H2,1-3H3/t22-/m1/s1. The van der Waals surface area contributed by atoms with Gasteiger partial charge in [-0.2, -0.15) is 10.1 Å². The predicted octanol–water partition coefficient (Wildman–Crippen LogP) is 4.41. The molecule has 0 bridgehead atoms. The fourth-order valence-electron chi connectivity index (χ4n) is 3.39. The Morgan fingerprint density at radius 3 is 2.58 bits per heavy atom. The average molecular weight is 483 g/mol. The summed E-state index contributed by atoms with van der Waals surface area (Å²) in [5.74, 6) is 0.794. The quantitative estimate of drug-likeness (QED) is 0.521. The molecule has 31 heavy (non-hydrogen) atoms. The summed E-state index contributed by atoms with van der Waals surface area (Å²) in [6.07, 6.45) is -0.579. The number of amides is 1. The van der Waals surface area contributed by atoms with E-state index in [2.05, 4.69) is 26.1 Å². The Morgan fingerprint density at radius 2 is 1.90 bits per heavy atom. The molecule has 1 aromatic heterocycles. The lowest BCUT2D eigenvalue weighted by atomic mass is 10.2. The number of hydrazone groups is 1. The second kappa shape index (κ2) is 8.93.